The predicted octanol–water partition coefficient (Wildman–Crippen LogP) is 2.56. The third-order valence-electron chi connectivity index (χ3n) is 3.81. The van der Waals surface area contributed by atoms with Crippen molar-refractivity contribution < 1.29 is 14.6 Å². The van der Waals surface area contributed by atoms with Crippen molar-refractivity contribution in [3.05, 3.63) is 72.1 Å². The van der Waals surface area contributed by atoms with Crippen LogP contribution < -0.4 is 10.1 Å². The van der Waals surface area contributed by atoms with Crippen molar-refractivity contribution in [1.29, 1.82) is 0 Å². The number of amides is 1. The van der Waals surface area contributed by atoms with E-state index < -0.39 is 0 Å². The largest absolute Gasteiger partial charge is 0.507 e. The lowest BCUT2D eigenvalue weighted by Gasteiger charge is -2.07. The maximum atomic E-state index is 12.1. The zero-order valence-corrected chi connectivity index (χ0v) is 13.8. The molecule has 2 N–H and O–H groups in total. The van der Waals surface area contributed by atoms with Gasteiger partial charge in [0.25, 0.3) is 5.91 Å². The number of carbonyl (C=O) groups is 1. The third kappa shape index (κ3) is 3.98. The SMILES string of the molecule is COc1ccc(C(=O)NCCc2cnn(-c3ccccc3)c2)c(O)c1. The summed E-state index contributed by atoms with van der Waals surface area (Å²) in [6.45, 7) is 0.449. The van der Waals surface area contributed by atoms with Crippen LogP contribution in [0.15, 0.2) is 60.9 Å². The van der Waals surface area contributed by atoms with E-state index in [4.69, 9.17) is 4.74 Å². The average molecular weight is 337 g/mol. The van der Waals surface area contributed by atoms with Crippen molar-refractivity contribution in [1.82, 2.24) is 15.1 Å². The number of methoxy groups -OCH3 is 1. The standard InChI is InChI=1S/C19H19N3O3/c1-25-16-7-8-17(18(23)11-16)19(24)20-10-9-14-12-21-22(13-14)15-5-3-2-4-6-15/h2-8,11-13,23H,9-10H2,1H3,(H,20,24). The fourth-order valence-corrected chi connectivity index (χ4v) is 2.46. The molecule has 1 amide bonds. The Morgan fingerprint density at radius 1 is 1.24 bits per heavy atom. The van der Waals surface area contributed by atoms with Crippen LogP contribution >= 0.6 is 0 Å². The number of aromatic nitrogens is 2. The number of rotatable bonds is 6. The Balaban J connectivity index is 1.56. The molecule has 0 aliphatic carbocycles. The number of nitrogens with zero attached hydrogens (tertiary/aromatic N) is 2. The molecular weight excluding hydrogens is 318 g/mol. The highest BCUT2D eigenvalue weighted by Gasteiger charge is 2.11. The first-order chi connectivity index (χ1) is 12.2. The van der Waals surface area contributed by atoms with Gasteiger partial charge in [-0.05, 0) is 36.2 Å². The van der Waals surface area contributed by atoms with Crippen LogP contribution in [0, 0.1) is 0 Å². The van der Waals surface area contributed by atoms with E-state index in [0.29, 0.717) is 18.7 Å². The quantitative estimate of drug-likeness (QED) is 0.725. The van der Waals surface area contributed by atoms with E-state index in [9.17, 15) is 9.90 Å². The third-order valence-corrected chi connectivity index (χ3v) is 3.81. The van der Waals surface area contributed by atoms with Gasteiger partial charge in [-0.25, -0.2) is 4.68 Å². The first-order valence-corrected chi connectivity index (χ1v) is 7.91. The molecule has 0 unspecified atom stereocenters. The highest BCUT2D eigenvalue weighted by atomic mass is 16.5. The Labute approximate surface area is 145 Å². The predicted molar refractivity (Wildman–Crippen MR) is 94.3 cm³/mol. The number of nitrogens with one attached hydrogen (secondary N) is 1. The number of hydrogen-bond donors (Lipinski definition) is 2. The summed E-state index contributed by atoms with van der Waals surface area (Å²) in [4.78, 5) is 12.1. The fraction of sp³-hybridized carbons (Fsp3) is 0.158. The van der Waals surface area contributed by atoms with Crippen LogP contribution in [-0.4, -0.2) is 34.4 Å². The normalized spacial score (nSPS) is 10.4. The monoisotopic (exact) mass is 337 g/mol. The fourth-order valence-electron chi connectivity index (χ4n) is 2.46. The van der Waals surface area contributed by atoms with Crippen molar-refractivity contribution in [3.8, 4) is 17.2 Å². The second kappa shape index (κ2) is 7.53. The molecule has 0 saturated heterocycles. The summed E-state index contributed by atoms with van der Waals surface area (Å²) in [7, 11) is 1.50. The van der Waals surface area contributed by atoms with E-state index in [1.54, 1.807) is 16.9 Å². The topological polar surface area (TPSA) is 76.4 Å². The lowest BCUT2D eigenvalue weighted by molar-refractivity contribution is 0.0951. The molecule has 0 aliphatic rings. The summed E-state index contributed by atoms with van der Waals surface area (Å²) in [5.41, 5.74) is 2.23. The Bertz CT molecular complexity index is 859. The second-order valence-corrected chi connectivity index (χ2v) is 5.52. The first kappa shape index (κ1) is 16.6. The molecule has 0 spiro atoms. The zero-order chi connectivity index (χ0) is 17.6. The Hall–Kier alpha value is -3.28. The zero-order valence-electron chi connectivity index (χ0n) is 13.8. The van der Waals surface area contributed by atoms with Crippen LogP contribution in [0.2, 0.25) is 0 Å². The number of ether oxygens (including phenoxy) is 1. The average Bonchev–Trinajstić information content (AvgIpc) is 3.11. The molecule has 0 aliphatic heterocycles. The van der Waals surface area contributed by atoms with Crippen molar-refractivity contribution in [2.75, 3.05) is 13.7 Å². The van der Waals surface area contributed by atoms with Crippen LogP contribution in [-0.2, 0) is 6.42 Å². The van der Waals surface area contributed by atoms with Crippen LogP contribution in [0.4, 0.5) is 0 Å². The number of aromatic hydroxyl groups is 1. The van der Waals surface area contributed by atoms with Gasteiger partial charge >= 0.3 is 0 Å². The minimum atomic E-state index is -0.324. The molecule has 1 heterocycles. The number of hydrogen-bond acceptors (Lipinski definition) is 4. The molecule has 0 saturated carbocycles. The van der Waals surface area contributed by atoms with Gasteiger partial charge < -0.3 is 15.2 Å². The minimum Gasteiger partial charge on any atom is -0.507 e. The highest BCUT2D eigenvalue weighted by molar-refractivity contribution is 5.97. The minimum absolute atomic E-state index is 0.103. The molecule has 0 radical (unpaired) electrons. The van der Waals surface area contributed by atoms with Crippen LogP contribution in [0.25, 0.3) is 5.69 Å². The van der Waals surface area contributed by atoms with E-state index in [1.165, 1.54) is 19.2 Å². The number of phenolic OH excluding ortho intramolecular Hbond substituents is 1. The Morgan fingerprint density at radius 2 is 2.04 bits per heavy atom. The summed E-state index contributed by atoms with van der Waals surface area (Å²) in [5.74, 6) is 0.0757. The maximum Gasteiger partial charge on any atom is 0.255 e. The molecule has 128 valence electrons. The van der Waals surface area contributed by atoms with Crippen LogP contribution in [0.3, 0.4) is 0 Å². The van der Waals surface area contributed by atoms with Crippen molar-refractivity contribution in [2.45, 2.75) is 6.42 Å². The van der Waals surface area contributed by atoms with Crippen LogP contribution in [0.1, 0.15) is 15.9 Å². The second-order valence-electron chi connectivity index (χ2n) is 5.52. The van der Waals surface area contributed by atoms with E-state index >= 15 is 0 Å². The molecule has 25 heavy (non-hydrogen) atoms. The van der Waals surface area contributed by atoms with E-state index in [1.807, 2.05) is 36.5 Å². The van der Waals surface area contributed by atoms with Crippen molar-refractivity contribution >= 4 is 5.91 Å². The van der Waals surface area contributed by atoms with Gasteiger partial charge in [0.1, 0.15) is 11.5 Å². The molecular formula is C19H19N3O3. The molecule has 3 aromatic rings. The van der Waals surface area contributed by atoms with Gasteiger partial charge in [-0.1, -0.05) is 18.2 Å². The summed E-state index contributed by atoms with van der Waals surface area (Å²) < 4.78 is 6.80. The molecule has 2 aromatic carbocycles. The van der Waals surface area contributed by atoms with E-state index in [-0.39, 0.29) is 17.2 Å². The van der Waals surface area contributed by atoms with Gasteiger partial charge in [0.05, 0.1) is 24.6 Å². The maximum absolute atomic E-state index is 12.1. The molecule has 0 atom stereocenters. The number of phenols is 1. The molecule has 6 heteroatoms. The van der Waals surface area contributed by atoms with Crippen molar-refractivity contribution in [2.24, 2.45) is 0 Å². The molecule has 0 bridgehead atoms. The van der Waals surface area contributed by atoms with Gasteiger partial charge in [0.2, 0.25) is 0 Å². The first-order valence-electron chi connectivity index (χ1n) is 7.91. The molecule has 1 aromatic heterocycles. The van der Waals surface area contributed by atoms with Crippen LogP contribution in [0.5, 0.6) is 11.5 Å². The van der Waals surface area contributed by atoms with Gasteiger partial charge in [0.15, 0.2) is 0 Å². The number of para-hydroxylation sites is 1. The molecule has 6 nitrogen and oxygen atoms in total. The highest BCUT2D eigenvalue weighted by Crippen LogP contribution is 2.23. The summed E-state index contributed by atoms with van der Waals surface area (Å²) in [6.07, 6.45) is 4.37. The molecule has 0 fully saturated rings. The van der Waals surface area contributed by atoms with Gasteiger partial charge in [-0.15, -0.1) is 0 Å². The number of benzene rings is 2. The summed E-state index contributed by atoms with van der Waals surface area (Å²) in [6, 6.07) is 14.4. The summed E-state index contributed by atoms with van der Waals surface area (Å²) in [5, 5.41) is 17.0. The van der Waals surface area contributed by atoms with E-state index in [2.05, 4.69) is 10.4 Å². The number of carbonyl (C=O) groups excluding carboxylic acids is 1. The Kier molecular flexibility index (Phi) is 4.99. The van der Waals surface area contributed by atoms with E-state index in [0.717, 1.165) is 11.3 Å². The lowest BCUT2D eigenvalue weighted by Crippen LogP contribution is -2.25. The summed E-state index contributed by atoms with van der Waals surface area (Å²) >= 11 is 0. The molecule has 3 rings (SSSR count). The van der Waals surface area contributed by atoms with Gasteiger partial charge in [0, 0.05) is 18.8 Å². The van der Waals surface area contributed by atoms with Gasteiger partial charge in [-0.3, -0.25) is 4.79 Å². The van der Waals surface area contributed by atoms with Crippen molar-refractivity contribution in [3.63, 3.8) is 0 Å². The van der Waals surface area contributed by atoms with Gasteiger partial charge in [-0.2, -0.15) is 5.10 Å². The Morgan fingerprint density at radius 3 is 2.76 bits per heavy atom. The lowest BCUT2D eigenvalue weighted by atomic mass is 10.1. The smallest absolute Gasteiger partial charge is 0.255 e.